The fourth-order valence-electron chi connectivity index (χ4n) is 2.42. The number of sulfonamides is 1. The minimum atomic E-state index is -3.74. The van der Waals surface area contributed by atoms with E-state index >= 15 is 0 Å². The van der Waals surface area contributed by atoms with E-state index in [0.29, 0.717) is 5.69 Å². The van der Waals surface area contributed by atoms with Crippen molar-refractivity contribution in [3.05, 3.63) is 48.0 Å². The van der Waals surface area contributed by atoms with Gasteiger partial charge in [0, 0.05) is 22.2 Å². The summed E-state index contributed by atoms with van der Waals surface area (Å²) in [7, 11) is -2.34. The van der Waals surface area contributed by atoms with Gasteiger partial charge in [-0.1, -0.05) is 6.07 Å². The molecule has 0 atom stereocenters. The first-order valence-corrected chi connectivity index (χ1v) is 10.8. The summed E-state index contributed by atoms with van der Waals surface area (Å²) in [6, 6.07) is 11.8. The molecule has 2 aromatic carbocycles. The Hall–Kier alpha value is -2.03. The number of hydrogen-bond acceptors (Lipinski definition) is 5. The van der Waals surface area contributed by atoms with Gasteiger partial charge in [0.2, 0.25) is 10.0 Å². The van der Waals surface area contributed by atoms with Gasteiger partial charge in [-0.05, 0) is 55.5 Å². The Labute approximate surface area is 157 Å². The van der Waals surface area contributed by atoms with Gasteiger partial charge in [-0.2, -0.15) is 0 Å². The number of thioether (sulfide) groups is 1. The zero-order chi connectivity index (χ0) is 18.7. The van der Waals surface area contributed by atoms with Crippen LogP contribution >= 0.6 is 11.8 Å². The molecule has 1 aliphatic carbocycles. The zero-order valence-corrected chi connectivity index (χ0v) is 16.1. The highest BCUT2D eigenvalue weighted by atomic mass is 32.2. The lowest BCUT2D eigenvalue weighted by atomic mass is 10.2. The van der Waals surface area contributed by atoms with Crippen molar-refractivity contribution in [2.24, 2.45) is 0 Å². The maximum absolute atomic E-state index is 12.6. The zero-order valence-electron chi connectivity index (χ0n) is 14.5. The molecule has 0 bridgehead atoms. The first-order chi connectivity index (χ1) is 12.4. The number of hydrogen-bond donors (Lipinski definition) is 2. The van der Waals surface area contributed by atoms with Gasteiger partial charge in [-0.3, -0.25) is 4.79 Å². The third-order valence-corrected chi connectivity index (χ3v) is 6.21. The first-order valence-electron chi connectivity index (χ1n) is 8.09. The van der Waals surface area contributed by atoms with Crippen molar-refractivity contribution < 1.29 is 17.9 Å². The second kappa shape index (κ2) is 7.69. The van der Waals surface area contributed by atoms with Gasteiger partial charge in [-0.25, -0.2) is 13.1 Å². The Morgan fingerprint density at radius 2 is 1.96 bits per heavy atom. The van der Waals surface area contributed by atoms with Crippen LogP contribution in [0.3, 0.4) is 0 Å². The van der Waals surface area contributed by atoms with Crippen LogP contribution in [-0.2, 0) is 10.0 Å². The average Bonchev–Trinajstić information content (AvgIpc) is 3.44. The lowest BCUT2D eigenvalue weighted by Gasteiger charge is -2.12. The van der Waals surface area contributed by atoms with E-state index < -0.39 is 10.0 Å². The number of rotatable bonds is 7. The number of nitrogens with one attached hydrogen (secondary N) is 2. The largest absolute Gasteiger partial charge is 0.495 e. The van der Waals surface area contributed by atoms with Crippen molar-refractivity contribution in [3.8, 4) is 5.75 Å². The number of anilines is 1. The van der Waals surface area contributed by atoms with E-state index in [2.05, 4.69) is 10.0 Å². The predicted octanol–water partition coefficient (Wildman–Crippen LogP) is 3.11. The smallest absolute Gasteiger partial charge is 0.255 e. The fourth-order valence-corrected chi connectivity index (χ4v) is 4.38. The molecule has 138 valence electrons. The van der Waals surface area contributed by atoms with Gasteiger partial charge in [0.1, 0.15) is 10.6 Å². The van der Waals surface area contributed by atoms with Crippen LogP contribution in [-0.4, -0.2) is 33.7 Å². The molecule has 1 saturated carbocycles. The summed E-state index contributed by atoms with van der Waals surface area (Å²) in [5, 5.41) is 2.79. The lowest BCUT2D eigenvalue weighted by Crippen LogP contribution is -2.26. The lowest BCUT2D eigenvalue weighted by molar-refractivity contribution is 0.102. The third-order valence-electron chi connectivity index (χ3n) is 3.94. The van der Waals surface area contributed by atoms with Gasteiger partial charge >= 0.3 is 0 Å². The van der Waals surface area contributed by atoms with Crippen molar-refractivity contribution in [2.45, 2.75) is 28.7 Å². The molecular weight excluding hydrogens is 372 g/mol. The Morgan fingerprint density at radius 3 is 2.62 bits per heavy atom. The van der Waals surface area contributed by atoms with Crippen LogP contribution in [0.5, 0.6) is 5.75 Å². The molecule has 1 fully saturated rings. The summed E-state index contributed by atoms with van der Waals surface area (Å²) in [4.78, 5) is 13.5. The van der Waals surface area contributed by atoms with E-state index in [1.165, 1.54) is 19.2 Å². The molecule has 1 amide bonds. The molecule has 26 heavy (non-hydrogen) atoms. The summed E-state index contributed by atoms with van der Waals surface area (Å²) in [6.45, 7) is 0. The summed E-state index contributed by atoms with van der Waals surface area (Å²) in [5.41, 5.74) is 0.898. The van der Waals surface area contributed by atoms with E-state index in [0.717, 1.165) is 17.7 Å². The highest BCUT2D eigenvalue weighted by Gasteiger charge is 2.30. The van der Waals surface area contributed by atoms with Gasteiger partial charge in [-0.15, -0.1) is 11.8 Å². The van der Waals surface area contributed by atoms with E-state index in [-0.39, 0.29) is 28.2 Å². The van der Waals surface area contributed by atoms with Crippen molar-refractivity contribution in [1.82, 2.24) is 4.72 Å². The number of ether oxygens (including phenoxy) is 1. The van der Waals surface area contributed by atoms with Crippen LogP contribution in [0.1, 0.15) is 23.2 Å². The molecule has 0 radical (unpaired) electrons. The molecule has 8 heteroatoms. The van der Waals surface area contributed by atoms with Gasteiger partial charge in [0.05, 0.1) is 7.11 Å². The Balaban J connectivity index is 1.87. The number of methoxy groups -OCH3 is 1. The highest BCUT2D eigenvalue weighted by Crippen LogP contribution is 2.28. The second-order valence-corrected chi connectivity index (χ2v) is 8.51. The van der Waals surface area contributed by atoms with Crippen molar-refractivity contribution in [3.63, 3.8) is 0 Å². The van der Waals surface area contributed by atoms with E-state index in [1.807, 2.05) is 24.5 Å². The number of carbonyl (C=O) groups is 1. The van der Waals surface area contributed by atoms with Gasteiger partial charge < -0.3 is 10.1 Å². The average molecular weight is 393 g/mol. The van der Waals surface area contributed by atoms with E-state index in [1.54, 1.807) is 23.9 Å². The monoisotopic (exact) mass is 392 g/mol. The van der Waals surface area contributed by atoms with Crippen LogP contribution in [0.4, 0.5) is 5.69 Å². The normalized spacial score (nSPS) is 14.1. The van der Waals surface area contributed by atoms with Crippen LogP contribution in [0.25, 0.3) is 0 Å². The Kier molecular flexibility index (Phi) is 5.55. The van der Waals surface area contributed by atoms with Gasteiger partial charge in [0.25, 0.3) is 5.91 Å². The predicted molar refractivity (Wildman–Crippen MR) is 103 cm³/mol. The molecule has 0 aromatic heterocycles. The summed E-state index contributed by atoms with van der Waals surface area (Å²) < 4.78 is 32.9. The summed E-state index contributed by atoms with van der Waals surface area (Å²) in [6.07, 6.45) is 3.61. The molecule has 0 aliphatic heterocycles. The van der Waals surface area contributed by atoms with Crippen molar-refractivity contribution in [1.29, 1.82) is 0 Å². The number of carbonyl (C=O) groups excluding carboxylic acids is 1. The van der Waals surface area contributed by atoms with Crippen LogP contribution in [0, 0.1) is 0 Å². The minimum absolute atomic E-state index is 0.0302. The Bertz CT molecular complexity index is 925. The topological polar surface area (TPSA) is 84.5 Å². The molecule has 6 nitrogen and oxygen atoms in total. The van der Waals surface area contributed by atoms with E-state index in [4.69, 9.17) is 4.74 Å². The molecular formula is C18H20N2O4S2. The van der Waals surface area contributed by atoms with Crippen molar-refractivity contribution in [2.75, 3.05) is 18.7 Å². The number of amides is 1. The standard InChI is InChI=1S/C18H20N2O4S2/c1-24-16-9-6-12(10-17(16)26(22,23)20-13-7-8-13)18(21)19-14-4-3-5-15(11-14)25-2/h3-6,9-11,13,20H,7-8H2,1-2H3,(H,19,21). The molecule has 0 saturated heterocycles. The van der Waals surface area contributed by atoms with Gasteiger partial charge in [0.15, 0.2) is 0 Å². The van der Waals surface area contributed by atoms with Crippen LogP contribution < -0.4 is 14.8 Å². The Morgan fingerprint density at radius 1 is 1.19 bits per heavy atom. The summed E-state index contributed by atoms with van der Waals surface area (Å²) in [5.74, 6) is -0.173. The molecule has 0 unspecified atom stereocenters. The number of benzene rings is 2. The van der Waals surface area contributed by atoms with Crippen LogP contribution in [0.2, 0.25) is 0 Å². The minimum Gasteiger partial charge on any atom is -0.495 e. The molecule has 2 aromatic rings. The molecule has 0 heterocycles. The van der Waals surface area contributed by atoms with Crippen LogP contribution in [0.15, 0.2) is 52.3 Å². The third kappa shape index (κ3) is 4.38. The maximum atomic E-state index is 12.6. The molecule has 3 rings (SSSR count). The molecule has 1 aliphatic rings. The second-order valence-electron chi connectivity index (χ2n) is 5.95. The maximum Gasteiger partial charge on any atom is 0.255 e. The highest BCUT2D eigenvalue weighted by molar-refractivity contribution is 7.98. The molecule has 2 N–H and O–H groups in total. The molecule has 0 spiro atoms. The fraction of sp³-hybridized carbons (Fsp3) is 0.278. The quantitative estimate of drug-likeness (QED) is 0.708. The summed E-state index contributed by atoms with van der Waals surface area (Å²) >= 11 is 1.57. The first kappa shape index (κ1) is 18.8. The van der Waals surface area contributed by atoms with E-state index in [9.17, 15) is 13.2 Å². The van der Waals surface area contributed by atoms with Crippen molar-refractivity contribution >= 4 is 33.4 Å². The SMILES string of the molecule is COc1ccc(C(=O)Nc2cccc(SC)c2)cc1S(=O)(=O)NC1CC1.